The van der Waals surface area contributed by atoms with Gasteiger partial charge in [-0.3, -0.25) is 9.69 Å². The Morgan fingerprint density at radius 3 is 2.10 bits per heavy atom. The summed E-state index contributed by atoms with van der Waals surface area (Å²) in [5.74, 6) is 0.359. The van der Waals surface area contributed by atoms with E-state index < -0.39 is 0 Å². The van der Waals surface area contributed by atoms with Gasteiger partial charge in [0.2, 0.25) is 0 Å². The van der Waals surface area contributed by atoms with Crippen LogP contribution in [0.1, 0.15) is 70.8 Å². The summed E-state index contributed by atoms with van der Waals surface area (Å²) in [6.07, 6.45) is 8.86. The highest BCUT2D eigenvalue weighted by Gasteiger charge is 2.15. The number of carbonyl (C=O) groups excluding carboxylic acids is 2. The lowest BCUT2D eigenvalue weighted by molar-refractivity contribution is -0.134. The lowest BCUT2D eigenvalue weighted by atomic mass is 10.1. The van der Waals surface area contributed by atoms with Crippen molar-refractivity contribution in [3.63, 3.8) is 0 Å². The van der Waals surface area contributed by atoms with Gasteiger partial charge in [-0.15, -0.1) is 0 Å². The van der Waals surface area contributed by atoms with Crippen molar-refractivity contribution in [1.82, 2.24) is 5.32 Å². The number of rotatable bonds is 16. The van der Waals surface area contributed by atoms with Gasteiger partial charge in [0.1, 0.15) is 5.75 Å². The smallest absolute Gasteiger partial charge is 0.321 e. The molecule has 0 fully saturated rings. The molecule has 3 rings (SSSR count). The summed E-state index contributed by atoms with van der Waals surface area (Å²) >= 11 is 1.63. The van der Waals surface area contributed by atoms with E-state index in [1.165, 1.54) is 24.8 Å². The van der Waals surface area contributed by atoms with E-state index in [0.29, 0.717) is 25.3 Å². The predicted molar refractivity (Wildman–Crippen MR) is 162 cm³/mol. The van der Waals surface area contributed by atoms with Crippen LogP contribution in [0.15, 0.2) is 88.7 Å². The summed E-state index contributed by atoms with van der Waals surface area (Å²) in [6, 6.07) is 26.1. The maximum Gasteiger partial charge on any atom is 0.321 e. The van der Waals surface area contributed by atoms with Gasteiger partial charge in [0.05, 0.1) is 0 Å². The number of benzene rings is 3. The van der Waals surface area contributed by atoms with Crippen LogP contribution in [0.25, 0.3) is 0 Å². The number of anilines is 1. The van der Waals surface area contributed by atoms with Gasteiger partial charge in [-0.25, -0.2) is 4.79 Å². The summed E-state index contributed by atoms with van der Waals surface area (Å²) in [6.45, 7) is 5.52. The fourth-order valence-corrected chi connectivity index (χ4v) is 5.06. The van der Waals surface area contributed by atoms with E-state index in [-0.39, 0.29) is 12.0 Å². The minimum Gasteiger partial charge on any atom is -0.427 e. The van der Waals surface area contributed by atoms with Crippen molar-refractivity contribution in [2.24, 2.45) is 0 Å². The molecule has 208 valence electrons. The molecule has 0 aromatic heterocycles. The number of esters is 1. The molecule has 0 spiro atoms. The second kappa shape index (κ2) is 17.4. The van der Waals surface area contributed by atoms with Gasteiger partial charge in [-0.2, -0.15) is 0 Å². The van der Waals surface area contributed by atoms with E-state index in [0.717, 1.165) is 47.6 Å². The Balaban J connectivity index is 1.59. The molecule has 0 saturated heterocycles. The molecule has 0 atom stereocenters. The van der Waals surface area contributed by atoms with Crippen molar-refractivity contribution in [2.75, 3.05) is 18.0 Å². The van der Waals surface area contributed by atoms with Crippen LogP contribution in [0.2, 0.25) is 0 Å². The number of carbonyl (C=O) groups is 2. The summed E-state index contributed by atoms with van der Waals surface area (Å²) in [4.78, 5) is 28.9. The van der Waals surface area contributed by atoms with Crippen LogP contribution in [0.3, 0.4) is 0 Å². The summed E-state index contributed by atoms with van der Waals surface area (Å²) in [7, 11) is 0. The number of ether oxygens (including phenoxy) is 1. The van der Waals surface area contributed by atoms with Crippen molar-refractivity contribution in [1.29, 1.82) is 0 Å². The zero-order chi connectivity index (χ0) is 27.7. The van der Waals surface area contributed by atoms with Crippen LogP contribution in [0.4, 0.5) is 10.5 Å². The highest BCUT2D eigenvalue weighted by molar-refractivity contribution is 7.99. The molecular weight excluding hydrogens is 504 g/mol. The monoisotopic (exact) mass is 546 g/mol. The highest BCUT2D eigenvalue weighted by atomic mass is 32.2. The zero-order valence-electron chi connectivity index (χ0n) is 23.4. The van der Waals surface area contributed by atoms with Gasteiger partial charge in [0.25, 0.3) is 0 Å². The molecule has 39 heavy (non-hydrogen) atoms. The number of nitrogens with one attached hydrogen (secondary N) is 1. The summed E-state index contributed by atoms with van der Waals surface area (Å²) < 4.78 is 5.35. The molecule has 5 nitrogen and oxygen atoms in total. The van der Waals surface area contributed by atoms with Crippen LogP contribution < -0.4 is 15.0 Å². The van der Waals surface area contributed by atoms with Crippen LogP contribution >= 0.6 is 11.8 Å². The fraction of sp³-hybridized carbons (Fsp3) is 0.394. The minimum atomic E-state index is -0.206. The first-order chi connectivity index (χ1) is 19.1. The quantitative estimate of drug-likeness (QED) is 0.111. The number of aryl methyl sites for hydroxylation is 1. The maximum atomic E-state index is 13.2. The average Bonchev–Trinajstić information content (AvgIpc) is 2.95. The first kappa shape index (κ1) is 30.3. The Morgan fingerprint density at radius 2 is 1.44 bits per heavy atom. The molecule has 0 aliphatic rings. The minimum absolute atomic E-state index is 0.0350. The molecule has 2 amide bonds. The topological polar surface area (TPSA) is 58.6 Å². The average molecular weight is 547 g/mol. The molecule has 0 bridgehead atoms. The number of nitrogens with zero attached hydrogens (tertiary/aromatic N) is 1. The van der Waals surface area contributed by atoms with Crippen molar-refractivity contribution in [3.05, 3.63) is 84.4 Å². The van der Waals surface area contributed by atoms with Crippen LogP contribution in [0, 0.1) is 0 Å². The SMILES string of the molecule is CCCCCCCNC(=O)N(CCCc1ccccc1)c1ccc(Sc2ccc(OC(=O)CCC)cc2)cc1. The van der Waals surface area contributed by atoms with E-state index in [2.05, 4.69) is 48.6 Å². The fourth-order valence-electron chi connectivity index (χ4n) is 4.25. The van der Waals surface area contributed by atoms with Crippen LogP contribution in [-0.2, 0) is 11.2 Å². The van der Waals surface area contributed by atoms with E-state index in [4.69, 9.17) is 4.74 Å². The largest absolute Gasteiger partial charge is 0.427 e. The Morgan fingerprint density at radius 1 is 0.769 bits per heavy atom. The van der Waals surface area contributed by atoms with E-state index >= 15 is 0 Å². The lowest BCUT2D eigenvalue weighted by Crippen LogP contribution is -2.41. The first-order valence-corrected chi connectivity index (χ1v) is 15.1. The van der Waals surface area contributed by atoms with E-state index in [1.54, 1.807) is 11.8 Å². The molecule has 0 saturated carbocycles. The molecule has 0 aliphatic carbocycles. The third-order valence-electron chi connectivity index (χ3n) is 6.39. The number of unbranched alkanes of at least 4 members (excludes halogenated alkanes) is 4. The highest BCUT2D eigenvalue weighted by Crippen LogP contribution is 2.30. The lowest BCUT2D eigenvalue weighted by Gasteiger charge is -2.24. The molecule has 3 aromatic carbocycles. The van der Waals surface area contributed by atoms with Gasteiger partial charge in [0, 0.05) is 35.0 Å². The molecule has 0 radical (unpaired) electrons. The second-order valence-electron chi connectivity index (χ2n) is 9.68. The number of hydrogen-bond acceptors (Lipinski definition) is 4. The Bertz CT molecular complexity index is 1120. The molecule has 0 unspecified atom stereocenters. The molecule has 0 heterocycles. The molecule has 0 aliphatic heterocycles. The second-order valence-corrected chi connectivity index (χ2v) is 10.8. The van der Waals surface area contributed by atoms with Crippen LogP contribution in [0.5, 0.6) is 5.75 Å². The number of hydrogen-bond donors (Lipinski definition) is 1. The Kier molecular flexibility index (Phi) is 13.5. The van der Waals surface area contributed by atoms with Crippen molar-refractivity contribution >= 4 is 29.4 Å². The standard InChI is InChI=1S/C33H42N2O3S/c1-3-5-6-7-11-25-34-33(37)35(26-12-16-27-14-9-8-10-15-27)28-17-21-30(22-18-28)39-31-23-19-29(20-24-31)38-32(36)13-4-2/h8-10,14-15,17-24H,3-7,11-13,16,25-26H2,1-2H3,(H,34,37). The number of amides is 2. The molecular formula is C33H42N2O3S. The zero-order valence-corrected chi connectivity index (χ0v) is 24.2. The van der Waals surface area contributed by atoms with Gasteiger partial charge in [-0.05, 0) is 79.8 Å². The normalized spacial score (nSPS) is 10.7. The molecule has 6 heteroatoms. The molecule has 1 N–H and O–H groups in total. The third-order valence-corrected chi connectivity index (χ3v) is 7.40. The summed E-state index contributed by atoms with van der Waals surface area (Å²) in [5, 5.41) is 3.13. The van der Waals surface area contributed by atoms with Crippen molar-refractivity contribution in [2.45, 2.75) is 81.4 Å². The third kappa shape index (κ3) is 11.2. The first-order valence-electron chi connectivity index (χ1n) is 14.3. The van der Waals surface area contributed by atoms with Crippen LogP contribution in [-0.4, -0.2) is 25.1 Å². The van der Waals surface area contributed by atoms with Gasteiger partial charge >= 0.3 is 12.0 Å². The van der Waals surface area contributed by atoms with Crippen molar-refractivity contribution < 1.29 is 14.3 Å². The van der Waals surface area contributed by atoms with Crippen molar-refractivity contribution in [3.8, 4) is 5.75 Å². The van der Waals surface area contributed by atoms with Gasteiger partial charge in [0.15, 0.2) is 0 Å². The summed E-state index contributed by atoms with van der Waals surface area (Å²) in [5.41, 5.74) is 2.18. The van der Waals surface area contributed by atoms with E-state index in [1.807, 2.05) is 54.3 Å². The number of urea groups is 1. The Labute approximate surface area is 238 Å². The van der Waals surface area contributed by atoms with Gasteiger partial charge < -0.3 is 10.1 Å². The maximum absolute atomic E-state index is 13.2. The molecule has 3 aromatic rings. The predicted octanol–water partition coefficient (Wildman–Crippen LogP) is 8.66. The van der Waals surface area contributed by atoms with Gasteiger partial charge in [-0.1, -0.05) is 81.6 Å². The van der Waals surface area contributed by atoms with E-state index in [9.17, 15) is 9.59 Å². The Hall–Kier alpha value is -3.25.